The Labute approximate surface area is 182 Å². The second kappa shape index (κ2) is 8.16. The summed E-state index contributed by atoms with van der Waals surface area (Å²) in [5.74, 6) is -0.0422. The lowest BCUT2D eigenvalue weighted by atomic mass is 9.95. The van der Waals surface area contributed by atoms with E-state index in [0.717, 1.165) is 47.1 Å². The summed E-state index contributed by atoms with van der Waals surface area (Å²) in [5.41, 5.74) is 13.4. The first-order valence-electron chi connectivity index (χ1n) is 11.2. The highest BCUT2D eigenvalue weighted by molar-refractivity contribution is 5.99. The molecule has 4 aromatic rings. The van der Waals surface area contributed by atoms with Crippen molar-refractivity contribution >= 4 is 27.7 Å². The molecule has 1 amide bonds. The van der Waals surface area contributed by atoms with Crippen LogP contribution in [0.5, 0.6) is 0 Å². The highest BCUT2D eigenvalue weighted by atomic mass is 16.1. The molecule has 0 fully saturated rings. The van der Waals surface area contributed by atoms with Gasteiger partial charge in [0, 0.05) is 47.2 Å². The Bertz CT molecular complexity index is 1290. The summed E-state index contributed by atoms with van der Waals surface area (Å²) in [6.07, 6.45) is 4.73. The number of aryl methyl sites for hydroxylation is 2. The number of hydrogen-bond acceptors (Lipinski definition) is 3. The molecule has 3 N–H and O–H groups in total. The maximum atomic E-state index is 12.9. The lowest BCUT2D eigenvalue weighted by Gasteiger charge is -2.14. The van der Waals surface area contributed by atoms with E-state index in [1.807, 2.05) is 36.4 Å². The van der Waals surface area contributed by atoms with E-state index in [4.69, 9.17) is 5.73 Å². The molecule has 2 heterocycles. The van der Waals surface area contributed by atoms with Gasteiger partial charge in [0.2, 0.25) is 0 Å². The lowest BCUT2D eigenvalue weighted by molar-refractivity contribution is 0.0951. The molecule has 5 rings (SSSR count). The minimum atomic E-state index is -0.0422. The van der Waals surface area contributed by atoms with Crippen LogP contribution >= 0.6 is 0 Å². The van der Waals surface area contributed by atoms with Crippen LogP contribution in [0.25, 0.3) is 21.8 Å². The largest absolute Gasteiger partial charge is 0.348 e. The van der Waals surface area contributed by atoms with Crippen molar-refractivity contribution in [2.24, 2.45) is 5.73 Å². The molecule has 2 aromatic carbocycles. The molecule has 1 aliphatic rings. The highest BCUT2D eigenvalue weighted by Gasteiger charge is 2.20. The molecule has 0 unspecified atom stereocenters. The third-order valence-corrected chi connectivity index (χ3v) is 6.43. The van der Waals surface area contributed by atoms with Crippen molar-refractivity contribution in [1.82, 2.24) is 14.9 Å². The van der Waals surface area contributed by atoms with E-state index in [1.54, 1.807) is 0 Å². The molecule has 31 heavy (non-hydrogen) atoms. The van der Waals surface area contributed by atoms with E-state index in [2.05, 4.69) is 33.9 Å². The Kier molecular flexibility index (Phi) is 5.20. The average molecular weight is 413 g/mol. The third kappa shape index (κ3) is 3.59. The fourth-order valence-electron chi connectivity index (χ4n) is 4.85. The van der Waals surface area contributed by atoms with E-state index in [9.17, 15) is 4.79 Å². The van der Waals surface area contributed by atoms with Crippen molar-refractivity contribution in [3.8, 4) is 0 Å². The molecule has 0 saturated heterocycles. The van der Waals surface area contributed by atoms with Gasteiger partial charge in [-0.05, 0) is 74.1 Å². The number of fused-ring (bicyclic) bond motifs is 4. The van der Waals surface area contributed by atoms with Crippen LogP contribution in [-0.4, -0.2) is 15.5 Å². The molecule has 0 radical (unpaired) electrons. The fourth-order valence-corrected chi connectivity index (χ4v) is 4.85. The van der Waals surface area contributed by atoms with Crippen LogP contribution in [0.2, 0.25) is 0 Å². The summed E-state index contributed by atoms with van der Waals surface area (Å²) in [7, 11) is 0. The average Bonchev–Trinajstić information content (AvgIpc) is 3.14. The summed E-state index contributed by atoms with van der Waals surface area (Å²) in [6.45, 7) is 4.06. The van der Waals surface area contributed by atoms with E-state index in [-0.39, 0.29) is 5.91 Å². The Morgan fingerprint density at radius 1 is 1.10 bits per heavy atom. The number of pyridine rings is 1. The first-order valence-corrected chi connectivity index (χ1v) is 11.2. The Morgan fingerprint density at radius 3 is 2.77 bits per heavy atom. The van der Waals surface area contributed by atoms with Crippen LogP contribution in [0.15, 0.2) is 48.5 Å². The summed E-state index contributed by atoms with van der Waals surface area (Å²) in [4.78, 5) is 17.5. The molecule has 0 aliphatic heterocycles. The third-order valence-electron chi connectivity index (χ3n) is 6.43. The van der Waals surface area contributed by atoms with Crippen molar-refractivity contribution in [2.75, 3.05) is 0 Å². The van der Waals surface area contributed by atoms with Crippen LogP contribution < -0.4 is 11.1 Å². The number of carbonyl (C=O) groups excluding carboxylic acids is 1. The number of rotatable bonds is 5. The smallest absolute Gasteiger partial charge is 0.251 e. The Hall–Kier alpha value is -3.18. The van der Waals surface area contributed by atoms with Crippen LogP contribution in [-0.2, 0) is 32.5 Å². The maximum absolute atomic E-state index is 12.9. The van der Waals surface area contributed by atoms with Crippen molar-refractivity contribution < 1.29 is 4.79 Å². The quantitative estimate of drug-likeness (QED) is 0.508. The summed E-state index contributed by atoms with van der Waals surface area (Å²) < 4.78 is 2.42. The molecule has 5 heteroatoms. The van der Waals surface area contributed by atoms with Crippen LogP contribution in [0.1, 0.15) is 52.6 Å². The molecular weight excluding hydrogens is 384 g/mol. The van der Waals surface area contributed by atoms with Crippen LogP contribution in [0, 0.1) is 0 Å². The summed E-state index contributed by atoms with van der Waals surface area (Å²) in [5, 5.41) is 5.39. The highest BCUT2D eigenvalue weighted by Crippen LogP contribution is 2.32. The molecule has 1 aliphatic carbocycles. The molecule has 0 atom stereocenters. The number of nitrogens with two attached hydrogens (primary N) is 1. The normalized spacial score (nSPS) is 13.5. The summed E-state index contributed by atoms with van der Waals surface area (Å²) >= 11 is 0. The number of nitrogens with zero attached hydrogens (tertiary/aromatic N) is 2. The maximum Gasteiger partial charge on any atom is 0.251 e. The van der Waals surface area contributed by atoms with Gasteiger partial charge in [-0.3, -0.25) is 9.78 Å². The van der Waals surface area contributed by atoms with Gasteiger partial charge in [0.15, 0.2) is 0 Å². The van der Waals surface area contributed by atoms with Gasteiger partial charge in [-0.2, -0.15) is 0 Å². The second-order valence-electron chi connectivity index (χ2n) is 8.32. The minimum Gasteiger partial charge on any atom is -0.348 e. The van der Waals surface area contributed by atoms with Crippen LogP contribution in [0.3, 0.4) is 0 Å². The standard InChI is InChI=1S/C26H28N4O/c1-2-30-24-6-4-3-5-21(24)22-14-19(10-12-25(22)30)26(31)28-16-17-7-8-18-9-11-20(15-27)29-23(18)13-17/h7-14H,2-6,15-16,27H2,1H3,(H,28,31). The van der Waals surface area contributed by atoms with Gasteiger partial charge in [-0.1, -0.05) is 18.2 Å². The number of aromatic nitrogens is 2. The van der Waals surface area contributed by atoms with Gasteiger partial charge < -0.3 is 15.6 Å². The van der Waals surface area contributed by atoms with Gasteiger partial charge in [0.05, 0.1) is 11.2 Å². The molecule has 0 saturated carbocycles. The van der Waals surface area contributed by atoms with Crippen molar-refractivity contribution in [3.63, 3.8) is 0 Å². The van der Waals surface area contributed by atoms with Crippen molar-refractivity contribution in [3.05, 3.63) is 76.6 Å². The first-order chi connectivity index (χ1) is 15.2. The van der Waals surface area contributed by atoms with Crippen LogP contribution in [0.4, 0.5) is 0 Å². The summed E-state index contributed by atoms with van der Waals surface area (Å²) in [6, 6.07) is 16.2. The minimum absolute atomic E-state index is 0.0422. The van der Waals surface area contributed by atoms with Gasteiger partial charge in [0.25, 0.3) is 5.91 Å². The zero-order valence-corrected chi connectivity index (χ0v) is 17.9. The number of hydrogen-bond donors (Lipinski definition) is 2. The van der Waals surface area contributed by atoms with E-state index < -0.39 is 0 Å². The number of benzene rings is 2. The predicted octanol–water partition coefficient (Wildman–Crippen LogP) is 4.48. The molecule has 2 aromatic heterocycles. The molecular formula is C26H28N4O. The SMILES string of the molecule is CCn1c2c(c3cc(C(=O)NCc4ccc5ccc(CN)nc5c4)ccc31)CCCC2. The predicted molar refractivity (Wildman–Crippen MR) is 125 cm³/mol. The molecule has 5 nitrogen and oxygen atoms in total. The fraction of sp³-hybridized carbons (Fsp3) is 0.308. The van der Waals surface area contributed by atoms with E-state index >= 15 is 0 Å². The zero-order chi connectivity index (χ0) is 21.4. The molecule has 158 valence electrons. The first kappa shape index (κ1) is 19.8. The molecule has 0 spiro atoms. The second-order valence-corrected chi connectivity index (χ2v) is 8.32. The Morgan fingerprint density at radius 2 is 1.94 bits per heavy atom. The van der Waals surface area contributed by atoms with E-state index in [1.165, 1.54) is 35.0 Å². The van der Waals surface area contributed by atoms with Crippen molar-refractivity contribution in [2.45, 2.75) is 52.2 Å². The lowest BCUT2D eigenvalue weighted by Crippen LogP contribution is -2.22. The Balaban J connectivity index is 1.38. The van der Waals surface area contributed by atoms with Gasteiger partial charge in [0.1, 0.15) is 0 Å². The number of carbonyl (C=O) groups is 1. The van der Waals surface area contributed by atoms with Gasteiger partial charge in [-0.25, -0.2) is 0 Å². The number of nitrogens with one attached hydrogen (secondary N) is 1. The van der Waals surface area contributed by atoms with E-state index in [0.29, 0.717) is 13.1 Å². The van der Waals surface area contributed by atoms with Gasteiger partial charge >= 0.3 is 0 Å². The van der Waals surface area contributed by atoms with Crippen molar-refractivity contribution in [1.29, 1.82) is 0 Å². The zero-order valence-electron chi connectivity index (χ0n) is 17.9. The topological polar surface area (TPSA) is 72.9 Å². The number of amides is 1. The molecule has 0 bridgehead atoms. The van der Waals surface area contributed by atoms with Gasteiger partial charge in [-0.15, -0.1) is 0 Å². The monoisotopic (exact) mass is 412 g/mol.